The van der Waals surface area contributed by atoms with Gasteiger partial charge in [-0.25, -0.2) is 9.50 Å². The predicted molar refractivity (Wildman–Crippen MR) is 100 cm³/mol. The standard InChI is InChI=1S/C18H21N5O.ClH/c1-11-9-12(2)23-17(21-11)16(13(3)22-23)18(24)20-10-15(19)14-7-5-4-6-8-14;/h4-9,15H,10,19H2,1-3H3,(H,20,24);1H. The molecule has 0 aliphatic carbocycles. The van der Waals surface area contributed by atoms with E-state index in [0.717, 1.165) is 17.0 Å². The van der Waals surface area contributed by atoms with Crippen molar-refractivity contribution in [1.29, 1.82) is 0 Å². The van der Waals surface area contributed by atoms with Gasteiger partial charge in [0.1, 0.15) is 5.56 Å². The molecule has 0 aliphatic heterocycles. The summed E-state index contributed by atoms with van der Waals surface area (Å²) in [5.74, 6) is -0.202. The molecule has 2 heterocycles. The third-order valence-electron chi connectivity index (χ3n) is 4.01. The van der Waals surface area contributed by atoms with Gasteiger partial charge in [0.05, 0.1) is 5.69 Å². The molecule has 3 aromatic rings. The van der Waals surface area contributed by atoms with Crippen molar-refractivity contribution in [2.75, 3.05) is 6.54 Å². The monoisotopic (exact) mass is 359 g/mol. The summed E-state index contributed by atoms with van der Waals surface area (Å²) in [5.41, 5.74) is 10.7. The molecule has 2 aromatic heterocycles. The zero-order valence-electron chi connectivity index (χ0n) is 14.5. The van der Waals surface area contributed by atoms with E-state index in [0.29, 0.717) is 23.4 Å². The van der Waals surface area contributed by atoms with Crippen molar-refractivity contribution in [3.63, 3.8) is 0 Å². The Bertz CT molecular complexity index is 891. The smallest absolute Gasteiger partial charge is 0.257 e. The maximum atomic E-state index is 12.6. The third kappa shape index (κ3) is 3.81. The second kappa shape index (κ2) is 7.63. The van der Waals surface area contributed by atoms with E-state index >= 15 is 0 Å². The van der Waals surface area contributed by atoms with Gasteiger partial charge in [0.15, 0.2) is 5.65 Å². The lowest BCUT2D eigenvalue weighted by molar-refractivity contribution is 0.0952. The molecular formula is C18H22ClN5O. The summed E-state index contributed by atoms with van der Waals surface area (Å²) in [5, 5.41) is 7.32. The second-order valence-corrected chi connectivity index (χ2v) is 5.96. The third-order valence-corrected chi connectivity index (χ3v) is 4.01. The maximum absolute atomic E-state index is 12.6. The Morgan fingerprint density at radius 1 is 1.24 bits per heavy atom. The number of nitrogens with zero attached hydrogens (tertiary/aromatic N) is 3. The summed E-state index contributed by atoms with van der Waals surface area (Å²) in [4.78, 5) is 17.1. The fraction of sp³-hybridized carbons (Fsp3) is 0.278. The molecule has 3 rings (SSSR count). The zero-order valence-corrected chi connectivity index (χ0v) is 15.3. The number of aromatic nitrogens is 3. The lowest BCUT2D eigenvalue weighted by Gasteiger charge is -2.13. The molecule has 0 bridgehead atoms. The van der Waals surface area contributed by atoms with Crippen LogP contribution in [0, 0.1) is 20.8 Å². The van der Waals surface area contributed by atoms with Crippen LogP contribution in [-0.4, -0.2) is 27.0 Å². The second-order valence-electron chi connectivity index (χ2n) is 5.96. The summed E-state index contributed by atoms with van der Waals surface area (Å²) in [6.07, 6.45) is 0. The number of halogens is 1. The number of benzene rings is 1. The molecule has 1 aromatic carbocycles. The highest BCUT2D eigenvalue weighted by molar-refractivity contribution is 6.01. The van der Waals surface area contributed by atoms with Crippen LogP contribution in [0.5, 0.6) is 0 Å². The predicted octanol–water partition coefficient (Wildman–Crippen LogP) is 2.51. The van der Waals surface area contributed by atoms with Gasteiger partial charge in [0.2, 0.25) is 0 Å². The topological polar surface area (TPSA) is 85.3 Å². The maximum Gasteiger partial charge on any atom is 0.257 e. The lowest BCUT2D eigenvalue weighted by Crippen LogP contribution is -2.32. The highest BCUT2D eigenvalue weighted by Crippen LogP contribution is 2.16. The summed E-state index contributed by atoms with van der Waals surface area (Å²) < 4.78 is 1.70. The molecule has 3 N–H and O–H groups in total. The summed E-state index contributed by atoms with van der Waals surface area (Å²) in [7, 11) is 0. The van der Waals surface area contributed by atoms with Crippen molar-refractivity contribution in [3.8, 4) is 0 Å². The van der Waals surface area contributed by atoms with Gasteiger partial charge in [-0.2, -0.15) is 5.10 Å². The first-order valence-electron chi connectivity index (χ1n) is 7.89. The molecule has 1 atom stereocenters. The first-order valence-corrected chi connectivity index (χ1v) is 7.89. The van der Waals surface area contributed by atoms with Crippen molar-refractivity contribution < 1.29 is 4.79 Å². The molecule has 6 nitrogen and oxygen atoms in total. The number of nitrogens with one attached hydrogen (secondary N) is 1. The molecule has 0 saturated heterocycles. The van der Waals surface area contributed by atoms with E-state index in [-0.39, 0.29) is 24.4 Å². The van der Waals surface area contributed by atoms with Crippen molar-refractivity contribution >= 4 is 24.0 Å². The Balaban J connectivity index is 0.00000225. The Morgan fingerprint density at radius 2 is 1.92 bits per heavy atom. The van der Waals surface area contributed by atoms with Crippen LogP contribution in [0.3, 0.4) is 0 Å². The van der Waals surface area contributed by atoms with Crippen LogP contribution < -0.4 is 11.1 Å². The molecule has 0 saturated carbocycles. The number of carbonyl (C=O) groups excluding carboxylic acids is 1. The fourth-order valence-electron chi connectivity index (χ4n) is 2.80. The van der Waals surface area contributed by atoms with Gasteiger partial charge in [-0.1, -0.05) is 30.3 Å². The SMILES string of the molecule is Cc1cc(C)n2nc(C)c(C(=O)NCC(N)c3ccccc3)c2n1.Cl. The molecule has 1 amide bonds. The summed E-state index contributed by atoms with van der Waals surface area (Å²) in [6, 6.07) is 11.4. The molecule has 1 unspecified atom stereocenters. The van der Waals surface area contributed by atoms with Gasteiger partial charge in [0.25, 0.3) is 5.91 Å². The Morgan fingerprint density at radius 3 is 2.60 bits per heavy atom. The minimum atomic E-state index is -0.256. The van der Waals surface area contributed by atoms with Gasteiger partial charge in [-0.15, -0.1) is 12.4 Å². The Kier molecular flexibility index (Phi) is 5.77. The highest BCUT2D eigenvalue weighted by Gasteiger charge is 2.20. The first-order chi connectivity index (χ1) is 11.5. The fourth-order valence-corrected chi connectivity index (χ4v) is 2.80. The van der Waals surface area contributed by atoms with Crippen LogP contribution in [0.1, 0.15) is 39.0 Å². The van der Waals surface area contributed by atoms with Crippen LogP contribution in [0.2, 0.25) is 0 Å². The summed E-state index contributed by atoms with van der Waals surface area (Å²) >= 11 is 0. The molecule has 0 spiro atoms. The van der Waals surface area contributed by atoms with E-state index in [4.69, 9.17) is 5.73 Å². The van der Waals surface area contributed by atoms with E-state index in [1.54, 1.807) is 4.52 Å². The van der Waals surface area contributed by atoms with Crippen LogP contribution in [0.15, 0.2) is 36.4 Å². The molecule has 132 valence electrons. The largest absolute Gasteiger partial charge is 0.350 e. The van der Waals surface area contributed by atoms with Crippen molar-refractivity contribution in [3.05, 3.63) is 64.6 Å². The summed E-state index contributed by atoms with van der Waals surface area (Å²) in [6.45, 7) is 6.02. The lowest BCUT2D eigenvalue weighted by atomic mass is 10.1. The average molecular weight is 360 g/mol. The number of aryl methyl sites for hydroxylation is 3. The van der Waals surface area contributed by atoms with Crippen molar-refractivity contribution in [2.45, 2.75) is 26.8 Å². The van der Waals surface area contributed by atoms with E-state index in [9.17, 15) is 4.79 Å². The number of hydrogen-bond donors (Lipinski definition) is 2. The van der Waals surface area contributed by atoms with Crippen LogP contribution in [0.25, 0.3) is 5.65 Å². The molecule has 0 radical (unpaired) electrons. The minimum absolute atomic E-state index is 0. The van der Waals surface area contributed by atoms with Crippen LogP contribution in [-0.2, 0) is 0 Å². The van der Waals surface area contributed by atoms with Gasteiger partial charge < -0.3 is 11.1 Å². The number of hydrogen-bond acceptors (Lipinski definition) is 4. The highest BCUT2D eigenvalue weighted by atomic mass is 35.5. The Hall–Kier alpha value is -2.44. The average Bonchev–Trinajstić information content (AvgIpc) is 2.89. The number of rotatable bonds is 4. The first kappa shape index (κ1) is 18.9. The van der Waals surface area contributed by atoms with E-state index in [2.05, 4.69) is 15.4 Å². The number of fused-ring (bicyclic) bond motifs is 1. The van der Waals surface area contributed by atoms with Crippen molar-refractivity contribution in [1.82, 2.24) is 19.9 Å². The number of amides is 1. The number of carbonyl (C=O) groups is 1. The van der Waals surface area contributed by atoms with E-state index < -0.39 is 0 Å². The number of nitrogens with two attached hydrogens (primary N) is 1. The van der Waals surface area contributed by atoms with Crippen molar-refractivity contribution in [2.24, 2.45) is 5.73 Å². The van der Waals surface area contributed by atoms with E-state index in [1.807, 2.05) is 57.2 Å². The van der Waals surface area contributed by atoms with E-state index in [1.165, 1.54) is 0 Å². The Labute approximate surface area is 152 Å². The van der Waals surface area contributed by atoms with Gasteiger partial charge >= 0.3 is 0 Å². The molecule has 0 fully saturated rings. The van der Waals surface area contributed by atoms with Crippen LogP contribution >= 0.6 is 12.4 Å². The molecule has 7 heteroatoms. The van der Waals surface area contributed by atoms with Gasteiger partial charge in [-0.05, 0) is 32.4 Å². The van der Waals surface area contributed by atoms with Gasteiger partial charge in [0, 0.05) is 24.0 Å². The van der Waals surface area contributed by atoms with Crippen LogP contribution in [0.4, 0.5) is 0 Å². The zero-order chi connectivity index (χ0) is 17.3. The normalized spacial score (nSPS) is 11.8. The quantitative estimate of drug-likeness (QED) is 0.749. The van der Waals surface area contributed by atoms with Gasteiger partial charge in [-0.3, -0.25) is 4.79 Å². The molecule has 0 aliphatic rings. The molecule has 25 heavy (non-hydrogen) atoms. The molecular weight excluding hydrogens is 338 g/mol. The minimum Gasteiger partial charge on any atom is -0.350 e.